The fourth-order valence-electron chi connectivity index (χ4n) is 2.01. The zero-order chi connectivity index (χ0) is 15.0. The Hall–Kier alpha value is -2.11. The first-order chi connectivity index (χ1) is 10.0. The number of nitrogens with one attached hydrogen (secondary N) is 1. The molecule has 0 saturated heterocycles. The minimum atomic E-state index is -0.322. The van der Waals surface area contributed by atoms with Crippen LogP contribution in [0.3, 0.4) is 0 Å². The van der Waals surface area contributed by atoms with Gasteiger partial charge in [0.2, 0.25) is 0 Å². The van der Waals surface area contributed by atoms with E-state index < -0.39 is 0 Å². The first-order valence-electron chi connectivity index (χ1n) is 6.08. The second-order valence-corrected chi connectivity index (χ2v) is 5.28. The average molecular weight is 322 g/mol. The number of halogens is 2. The molecule has 2 aromatic heterocycles. The van der Waals surface area contributed by atoms with Crippen molar-refractivity contribution in [2.45, 2.75) is 6.54 Å². The van der Waals surface area contributed by atoms with Crippen LogP contribution >= 0.6 is 23.2 Å². The van der Waals surface area contributed by atoms with Gasteiger partial charge in [0.25, 0.3) is 11.1 Å². The van der Waals surface area contributed by atoms with Crippen LogP contribution in [0.1, 0.15) is 5.82 Å². The van der Waals surface area contributed by atoms with Crippen molar-refractivity contribution in [3.8, 4) is 0 Å². The van der Waals surface area contributed by atoms with Gasteiger partial charge in [-0.15, -0.1) is 0 Å². The number of aromatic amines is 1. The zero-order valence-electron chi connectivity index (χ0n) is 10.6. The number of nitrogens with zero attached hydrogens (tertiary/aromatic N) is 2. The van der Waals surface area contributed by atoms with Crippen LogP contribution in [0.2, 0.25) is 10.0 Å². The van der Waals surface area contributed by atoms with Crippen LogP contribution in [0.25, 0.3) is 10.9 Å². The highest BCUT2D eigenvalue weighted by atomic mass is 35.5. The summed E-state index contributed by atoms with van der Waals surface area (Å²) in [6.45, 7) is 0.172. The normalized spacial score (nSPS) is 11.0. The van der Waals surface area contributed by atoms with Crippen molar-refractivity contribution in [2.24, 2.45) is 0 Å². The molecule has 0 spiro atoms. The van der Waals surface area contributed by atoms with Crippen molar-refractivity contribution in [1.29, 1.82) is 0 Å². The molecule has 0 aliphatic carbocycles. The van der Waals surface area contributed by atoms with Crippen LogP contribution in [-0.2, 0) is 6.54 Å². The van der Waals surface area contributed by atoms with Crippen molar-refractivity contribution in [3.63, 3.8) is 0 Å². The van der Waals surface area contributed by atoms with E-state index in [2.05, 4.69) is 9.97 Å². The van der Waals surface area contributed by atoms with Crippen LogP contribution in [0, 0.1) is 0 Å². The van der Waals surface area contributed by atoms with E-state index in [-0.39, 0.29) is 17.7 Å². The van der Waals surface area contributed by atoms with Gasteiger partial charge in [0.15, 0.2) is 0 Å². The van der Waals surface area contributed by atoms with E-state index in [1.807, 2.05) is 0 Å². The van der Waals surface area contributed by atoms with E-state index in [0.29, 0.717) is 26.8 Å². The number of pyridine rings is 1. The molecule has 0 unspecified atom stereocenters. The summed E-state index contributed by atoms with van der Waals surface area (Å²) in [5, 5.41) is 0.974. The van der Waals surface area contributed by atoms with E-state index >= 15 is 0 Å². The minimum absolute atomic E-state index is 0.172. The second kappa shape index (κ2) is 5.35. The van der Waals surface area contributed by atoms with Crippen LogP contribution < -0.4 is 11.1 Å². The summed E-state index contributed by atoms with van der Waals surface area (Å²) in [6.07, 6.45) is 1.63. The monoisotopic (exact) mass is 321 g/mol. The number of hydrogen-bond donors (Lipinski definition) is 1. The van der Waals surface area contributed by atoms with E-state index in [1.54, 1.807) is 18.3 Å². The standard InChI is InChI=1S/C14H9Cl2N3O2/c15-9-5-8-11(6-10(9)16)17-12(18-14(8)21)7-19-4-2-1-3-13(19)20/h1-6H,7H2,(H,17,18,21). The van der Waals surface area contributed by atoms with Crippen molar-refractivity contribution in [3.05, 3.63) is 73.1 Å². The molecule has 0 radical (unpaired) electrons. The molecule has 1 N–H and O–H groups in total. The molecule has 21 heavy (non-hydrogen) atoms. The summed E-state index contributed by atoms with van der Waals surface area (Å²) >= 11 is 11.8. The van der Waals surface area contributed by atoms with Crippen molar-refractivity contribution in [1.82, 2.24) is 14.5 Å². The van der Waals surface area contributed by atoms with Gasteiger partial charge in [-0.05, 0) is 18.2 Å². The van der Waals surface area contributed by atoms with Gasteiger partial charge in [0.1, 0.15) is 5.82 Å². The third-order valence-electron chi connectivity index (χ3n) is 3.02. The Morgan fingerprint density at radius 2 is 1.90 bits per heavy atom. The molecule has 0 fully saturated rings. The number of hydrogen-bond acceptors (Lipinski definition) is 3. The molecule has 3 rings (SSSR count). The summed E-state index contributed by atoms with van der Waals surface area (Å²) in [6, 6.07) is 7.83. The van der Waals surface area contributed by atoms with Gasteiger partial charge < -0.3 is 9.55 Å². The second-order valence-electron chi connectivity index (χ2n) is 4.46. The lowest BCUT2D eigenvalue weighted by Crippen LogP contribution is -2.21. The van der Waals surface area contributed by atoms with Gasteiger partial charge >= 0.3 is 0 Å². The molecule has 1 aromatic carbocycles. The predicted octanol–water partition coefficient (Wildman–Crippen LogP) is 2.44. The Morgan fingerprint density at radius 1 is 1.14 bits per heavy atom. The molecule has 5 nitrogen and oxygen atoms in total. The first-order valence-corrected chi connectivity index (χ1v) is 6.83. The van der Waals surface area contributed by atoms with Gasteiger partial charge in [-0.3, -0.25) is 9.59 Å². The molecule has 0 atom stereocenters. The van der Waals surface area contributed by atoms with Gasteiger partial charge in [0.05, 0.1) is 27.5 Å². The Labute approximate surface area is 128 Å². The number of fused-ring (bicyclic) bond motifs is 1. The van der Waals surface area contributed by atoms with E-state index in [9.17, 15) is 9.59 Å². The summed E-state index contributed by atoms with van der Waals surface area (Å²) < 4.78 is 1.45. The lowest BCUT2D eigenvalue weighted by molar-refractivity contribution is 0.715. The number of benzene rings is 1. The lowest BCUT2D eigenvalue weighted by atomic mass is 10.2. The Balaban J connectivity index is 2.13. The van der Waals surface area contributed by atoms with Gasteiger partial charge in [0, 0.05) is 12.3 Å². The number of aromatic nitrogens is 3. The van der Waals surface area contributed by atoms with Gasteiger partial charge in [-0.1, -0.05) is 29.3 Å². The van der Waals surface area contributed by atoms with E-state index in [4.69, 9.17) is 23.2 Å². The topological polar surface area (TPSA) is 67.8 Å². The molecule has 7 heteroatoms. The van der Waals surface area contributed by atoms with E-state index in [1.165, 1.54) is 22.8 Å². The van der Waals surface area contributed by atoms with Gasteiger partial charge in [-0.25, -0.2) is 4.98 Å². The molecular formula is C14H9Cl2N3O2. The summed E-state index contributed by atoms with van der Waals surface area (Å²) in [4.78, 5) is 30.7. The van der Waals surface area contributed by atoms with Crippen LogP contribution in [0.4, 0.5) is 0 Å². The summed E-state index contributed by atoms with van der Waals surface area (Å²) in [5.41, 5.74) is -0.0564. The van der Waals surface area contributed by atoms with Crippen molar-refractivity contribution >= 4 is 34.1 Å². The van der Waals surface area contributed by atoms with E-state index in [0.717, 1.165) is 0 Å². The third kappa shape index (κ3) is 2.70. The molecule has 0 saturated carbocycles. The fraction of sp³-hybridized carbons (Fsp3) is 0.0714. The van der Waals surface area contributed by atoms with Gasteiger partial charge in [-0.2, -0.15) is 0 Å². The zero-order valence-corrected chi connectivity index (χ0v) is 12.1. The van der Waals surface area contributed by atoms with Crippen LogP contribution in [0.5, 0.6) is 0 Å². The maximum absolute atomic E-state index is 12.1. The maximum atomic E-state index is 12.1. The highest BCUT2D eigenvalue weighted by Crippen LogP contribution is 2.25. The number of H-pyrrole nitrogens is 1. The molecule has 106 valence electrons. The minimum Gasteiger partial charge on any atom is -0.308 e. The molecule has 3 aromatic rings. The first kappa shape index (κ1) is 13.9. The molecule has 2 heterocycles. The Kier molecular flexibility index (Phi) is 3.53. The van der Waals surface area contributed by atoms with Crippen LogP contribution in [0.15, 0.2) is 46.1 Å². The maximum Gasteiger partial charge on any atom is 0.258 e. The van der Waals surface area contributed by atoms with Crippen molar-refractivity contribution < 1.29 is 0 Å². The smallest absolute Gasteiger partial charge is 0.258 e. The quantitative estimate of drug-likeness (QED) is 0.788. The summed E-state index contributed by atoms with van der Waals surface area (Å²) in [7, 11) is 0. The Bertz CT molecular complexity index is 947. The predicted molar refractivity (Wildman–Crippen MR) is 82.2 cm³/mol. The molecular weight excluding hydrogens is 313 g/mol. The van der Waals surface area contributed by atoms with Crippen molar-refractivity contribution in [2.75, 3.05) is 0 Å². The average Bonchev–Trinajstić information content (AvgIpc) is 2.44. The largest absolute Gasteiger partial charge is 0.308 e. The SMILES string of the molecule is O=c1[nH]c(Cn2ccccc2=O)nc2cc(Cl)c(Cl)cc12. The third-order valence-corrected chi connectivity index (χ3v) is 3.74. The highest BCUT2D eigenvalue weighted by molar-refractivity contribution is 6.42. The highest BCUT2D eigenvalue weighted by Gasteiger charge is 2.08. The molecule has 0 amide bonds. The Morgan fingerprint density at radius 3 is 2.67 bits per heavy atom. The molecule has 0 aliphatic heterocycles. The molecule has 0 bridgehead atoms. The number of rotatable bonds is 2. The summed E-state index contributed by atoms with van der Waals surface area (Å²) in [5.74, 6) is 0.374. The fourth-order valence-corrected chi connectivity index (χ4v) is 2.33. The molecule has 0 aliphatic rings. The lowest BCUT2D eigenvalue weighted by Gasteiger charge is -2.06. The van der Waals surface area contributed by atoms with Crippen LogP contribution in [-0.4, -0.2) is 14.5 Å².